The van der Waals surface area contributed by atoms with Crippen molar-refractivity contribution in [1.82, 2.24) is 5.32 Å². The van der Waals surface area contributed by atoms with Gasteiger partial charge in [-0.05, 0) is 128 Å². The van der Waals surface area contributed by atoms with E-state index in [1.165, 1.54) is 77.0 Å². The molecule has 0 spiro atoms. The standard InChI is InChI=1S/C83H135NO13/c1-3-5-7-9-11-13-15-17-19-21-23-25-27-28-29-30-31-32-33-34-35-36-37-38-39-40-41-42-43-44-45-47-49-51-53-55-57-59-61-63-65-67-75(88)84-71(70-94-82-80(93)78(91)81(74(69-86)96-82)97-83-79(92)77(90)76(89)73(68-85)95-83)72(87)66-64-62-60-58-56-54-52-50-48-46-26-24-22-20-18-16-14-12-10-8-6-4-2/h5,7,11,13,17,19,23,25,28-29,31-32,34-35,37-38,40-41,43-44,47-50,56,58,64,66,71-74,76-83,85-87,89-93H,3-4,6,8-10,12,14-16,18,20-22,24,26-27,30,33,36,39,42,45-46,51-55,57,59-63,65,67-70H2,1-2H3,(H,84,88)/b7-5-,13-11-,19-17-,25-23-,29-28-,32-31-,35-34-,38-37-,41-40-,44-43-,49-47-,50-48+,58-56+,66-64+. The van der Waals surface area contributed by atoms with Crippen LogP contribution >= 0.6 is 0 Å². The van der Waals surface area contributed by atoms with Gasteiger partial charge >= 0.3 is 0 Å². The molecule has 12 unspecified atom stereocenters. The van der Waals surface area contributed by atoms with Gasteiger partial charge in [-0.3, -0.25) is 4.79 Å². The van der Waals surface area contributed by atoms with E-state index in [1.807, 2.05) is 6.08 Å². The average molecular weight is 1350 g/mol. The minimum Gasteiger partial charge on any atom is -0.394 e. The molecule has 2 fully saturated rings. The lowest BCUT2D eigenvalue weighted by molar-refractivity contribution is -0.359. The van der Waals surface area contributed by atoms with Crippen LogP contribution in [0.15, 0.2) is 170 Å². The molecule has 12 atom stereocenters. The number of carbonyl (C=O) groups excluding carboxylic acids is 1. The van der Waals surface area contributed by atoms with Gasteiger partial charge in [0.05, 0.1) is 32.0 Å². The summed E-state index contributed by atoms with van der Waals surface area (Å²) >= 11 is 0. The number of amides is 1. The highest BCUT2D eigenvalue weighted by Gasteiger charge is 2.51. The molecule has 2 saturated heterocycles. The third-order valence-corrected chi connectivity index (χ3v) is 17.1. The summed E-state index contributed by atoms with van der Waals surface area (Å²) in [7, 11) is 0. The van der Waals surface area contributed by atoms with Crippen LogP contribution in [0.1, 0.15) is 251 Å². The smallest absolute Gasteiger partial charge is 0.220 e. The Hall–Kier alpha value is -4.65. The molecule has 0 aromatic heterocycles. The first-order valence-corrected chi connectivity index (χ1v) is 37.9. The molecule has 550 valence electrons. The lowest BCUT2D eigenvalue weighted by atomic mass is 9.97. The predicted molar refractivity (Wildman–Crippen MR) is 400 cm³/mol. The number of rotatable bonds is 60. The Balaban J connectivity index is 1.66. The van der Waals surface area contributed by atoms with Gasteiger partial charge in [-0.1, -0.05) is 287 Å². The van der Waals surface area contributed by atoms with E-state index in [1.54, 1.807) is 6.08 Å². The van der Waals surface area contributed by atoms with Crippen molar-refractivity contribution in [3.63, 3.8) is 0 Å². The van der Waals surface area contributed by atoms with Gasteiger partial charge in [0.2, 0.25) is 5.91 Å². The highest BCUT2D eigenvalue weighted by molar-refractivity contribution is 5.76. The molecule has 2 heterocycles. The van der Waals surface area contributed by atoms with Crippen LogP contribution in [0.4, 0.5) is 0 Å². The van der Waals surface area contributed by atoms with Gasteiger partial charge in [-0.2, -0.15) is 0 Å². The van der Waals surface area contributed by atoms with Gasteiger partial charge in [-0.25, -0.2) is 0 Å². The maximum absolute atomic E-state index is 13.3. The Morgan fingerprint density at radius 1 is 0.381 bits per heavy atom. The van der Waals surface area contributed by atoms with Crippen molar-refractivity contribution in [1.29, 1.82) is 0 Å². The van der Waals surface area contributed by atoms with E-state index in [9.17, 15) is 45.6 Å². The number of aliphatic hydroxyl groups is 8. The van der Waals surface area contributed by atoms with E-state index < -0.39 is 86.8 Å². The lowest BCUT2D eigenvalue weighted by Crippen LogP contribution is -2.65. The highest BCUT2D eigenvalue weighted by atomic mass is 16.7. The van der Waals surface area contributed by atoms with E-state index >= 15 is 0 Å². The molecule has 0 aromatic carbocycles. The SMILES string of the molecule is CC/C=C\C/C=C\C/C=C\C/C=C\C/C=C\C/C=C\C/C=C\C/C=C\C/C=C\C/C=C\C/C=C\CCCCCCCCCC(=O)NC(COC1OC(CO)C(OC2OC(CO)C(O)C(O)C2O)C(O)C1O)C(O)/C=C/CC/C=C/CC/C=C/CCCCCCCCCCCCCC. The van der Waals surface area contributed by atoms with Crippen molar-refractivity contribution in [3.05, 3.63) is 170 Å². The molecule has 0 radical (unpaired) electrons. The molecule has 0 saturated carbocycles. The zero-order valence-electron chi connectivity index (χ0n) is 60.0. The summed E-state index contributed by atoms with van der Waals surface area (Å²) in [4.78, 5) is 13.3. The zero-order valence-corrected chi connectivity index (χ0v) is 60.0. The zero-order chi connectivity index (χ0) is 70.1. The van der Waals surface area contributed by atoms with E-state index in [2.05, 4.69) is 177 Å². The van der Waals surface area contributed by atoms with Crippen molar-refractivity contribution < 1.29 is 64.6 Å². The Labute approximate surface area is 588 Å². The first-order chi connectivity index (χ1) is 47.6. The molecule has 2 rings (SSSR count). The Morgan fingerprint density at radius 2 is 0.722 bits per heavy atom. The summed E-state index contributed by atoms with van der Waals surface area (Å²) in [5.41, 5.74) is 0. The van der Waals surface area contributed by atoms with Crippen molar-refractivity contribution in [3.8, 4) is 0 Å². The first-order valence-electron chi connectivity index (χ1n) is 37.9. The molecule has 1 amide bonds. The molecular weight excluding hydrogens is 1220 g/mol. The number of nitrogens with one attached hydrogen (secondary N) is 1. The number of unbranched alkanes of at least 4 members (excludes halogenated alkanes) is 21. The van der Waals surface area contributed by atoms with Gasteiger partial charge in [-0.15, -0.1) is 0 Å². The van der Waals surface area contributed by atoms with Gasteiger partial charge < -0.3 is 65.1 Å². The maximum Gasteiger partial charge on any atom is 0.220 e. The molecule has 9 N–H and O–H groups in total. The molecule has 14 heteroatoms. The van der Waals surface area contributed by atoms with Crippen LogP contribution < -0.4 is 5.32 Å². The number of aliphatic hydroxyl groups excluding tert-OH is 8. The number of allylic oxidation sites excluding steroid dienone is 27. The molecule has 0 aliphatic carbocycles. The van der Waals surface area contributed by atoms with Crippen LogP contribution in [-0.4, -0.2) is 140 Å². The molecular formula is C83H135NO13. The van der Waals surface area contributed by atoms with Crippen molar-refractivity contribution >= 4 is 5.91 Å². The summed E-state index contributed by atoms with van der Waals surface area (Å²) in [6.45, 7) is 2.65. The fraction of sp³-hybridized carbons (Fsp3) is 0.651. The summed E-state index contributed by atoms with van der Waals surface area (Å²) in [5, 5.41) is 87.5. The molecule has 2 aliphatic heterocycles. The van der Waals surface area contributed by atoms with Crippen LogP contribution in [0.5, 0.6) is 0 Å². The largest absolute Gasteiger partial charge is 0.394 e. The van der Waals surface area contributed by atoms with E-state index in [0.717, 1.165) is 141 Å². The summed E-state index contributed by atoms with van der Waals surface area (Å²) in [5.74, 6) is -0.271. The van der Waals surface area contributed by atoms with Crippen molar-refractivity contribution in [2.24, 2.45) is 0 Å². The third kappa shape index (κ3) is 47.9. The van der Waals surface area contributed by atoms with Crippen LogP contribution in [0.25, 0.3) is 0 Å². The van der Waals surface area contributed by atoms with E-state index in [0.29, 0.717) is 12.8 Å². The number of ether oxygens (including phenoxy) is 4. The minimum absolute atomic E-state index is 0.246. The van der Waals surface area contributed by atoms with Crippen LogP contribution in [0.2, 0.25) is 0 Å². The van der Waals surface area contributed by atoms with Gasteiger partial charge in [0, 0.05) is 6.42 Å². The second-order valence-corrected chi connectivity index (χ2v) is 25.7. The maximum atomic E-state index is 13.3. The molecule has 97 heavy (non-hydrogen) atoms. The van der Waals surface area contributed by atoms with Gasteiger partial charge in [0.1, 0.15) is 48.8 Å². The second-order valence-electron chi connectivity index (χ2n) is 25.7. The number of hydrogen-bond acceptors (Lipinski definition) is 13. The second kappa shape index (κ2) is 64.7. The molecule has 2 aliphatic rings. The van der Waals surface area contributed by atoms with E-state index in [-0.39, 0.29) is 18.9 Å². The normalized spacial score (nSPS) is 23.2. The molecule has 0 bridgehead atoms. The monoisotopic (exact) mass is 1350 g/mol. The molecule has 0 aromatic rings. The van der Waals surface area contributed by atoms with Crippen molar-refractivity contribution in [2.75, 3.05) is 19.8 Å². The van der Waals surface area contributed by atoms with Crippen LogP contribution in [0.3, 0.4) is 0 Å². The van der Waals surface area contributed by atoms with Gasteiger partial charge in [0.15, 0.2) is 12.6 Å². The Morgan fingerprint density at radius 3 is 1.13 bits per heavy atom. The first kappa shape index (κ1) is 88.4. The fourth-order valence-electron chi connectivity index (χ4n) is 11.2. The lowest BCUT2D eigenvalue weighted by Gasteiger charge is -2.46. The Kier molecular flexibility index (Phi) is 59.0. The topological polar surface area (TPSA) is 228 Å². The minimum atomic E-state index is -1.80. The number of carbonyl (C=O) groups is 1. The van der Waals surface area contributed by atoms with E-state index in [4.69, 9.17) is 18.9 Å². The van der Waals surface area contributed by atoms with Crippen molar-refractivity contribution in [2.45, 2.75) is 325 Å². The third-order valence-electron chi connectivity index (χ3n) is 17.1. The summed E-state index contributed by atoms with van der Waals surface area (Å²) in [6.07, 6.45) is 84.1. The van der Waals surface area contributed by atoms with Gasteiger partial charge in [0.25, 0.3) is 0 Å². The van der Waals surface area contributed by atoms with Crippen LogP contribution in [-0.2, 0) is 23.7 Å². The fourth-order valence-corrected chi connectivity index (χ4v) is 11.2. The Bertz CT molecular complexity index is 2290. The number of hydrogen-bond donors (Lipinski definition) is 9. The molecule has 14 nitrogen and oxygen atoms in total. The summed E-state index contributed by atoms with van der Waals surface area (Å²) in [6, 6.07) is -0.958. The quantitative estimate of drug-likeness (QED) is 0.0204. The highest BCUT2D eigenvalue weighted by Crippen LogP contribution is 2.30. The van der Waals surface area contributed by atoms with Crippen LogP contribution in [0, 0.1) is 0 Å². The predicted octanol–water partition coefficient (Wildman–Crippen LogP) is 16.7. The average Bonchev–Trinajstić information content (AvgIpc) is 0.794. The summed E-state index contributed by atoms with van der Waals surface area (Å²) < 4.78 is 22.8.